The van der Waals surface area contributed by atoms with Crippen LogP contribution >= 0.6 is 24.0 Å². The number of sulfonamides is 1. The van der Waals surface area contributed by atoms with Crippen LogP contribution in [0.2, 0.25) is 0 Å². The predicted molar refractivity (Wildman–Crippen MR) is 110 cm³/mol. The molecule has 0 aliphatic heterocycles. The van der Waals surface area contributed by atoms with Crippen LogP contribution in [-0.2, 0) is 16.6 Å². The zero-order valence-corrected chi connectivity index (χ0v) is 17.5. The van der Waals surface area contributed by atoms with Crippen LogP contribution in [0.25, 0.3) is 0 Å². The van der Waals surface area contributed by atoms with E-state index in [1.165, 1.54) is 0 Å². The molecule has 24 heavy (non-hydrogen) atoms. The maximum Gasteiger partial charge on any atom is 0.240 e. The molecule has 0 amide bonds. The summed E-state index contributed by atoms with van der Waals surface area (Å²) in [6.45, 7) is 10.9. The molecule has 0 aliphatic rings. The Kier molecular flexibility index (Phi) is 10.2. The fourth-order valence-electron chi connectivity index (χ4n) is 1.61. The van der Waals surface area contributed by atoms with Gasteiger partial charge in [-0.3, -0.25) is 0 Å². The summed E-state index contributed by atoms with van der Waals surface area (Å²) in [6, 6.07) is 6.62. The smallest absolute Gasteiger partial charge is 0.240 e. The number of halogens is 1. The second-order valence-electron chi connectivity index (χ2n) is 5.90. The summed E-state index contributed by atoms with van der Waals surface area (Å²) in [4.78, 5) is 4.44. The average Bonchev–Trinajstić information content (AvgIpc) is 2.49. The van der Waals surface area contributed by atoms with E-state index in [1.807, 2.05) is 20.8 Å². The minimum Gasteiger partial charge on any atom is -0.370 e. The Bertz CT molecular complexity index is 655. The average molecular weight is 466 g/mol. The lowest BCUT2D eigenvalue weighted by molar-refractivity contribution is 0.560. The highest BCUT2D eigenvalue weighted by atomic mass is 127. The van der Waals surface area contributed by atoms with Crippen molar-refractivity contribution in [1.29, 1.82) is 0 Å². The Hall–Kier alpha value is -1.13. The number of aliphatic imine (C=N–C) groups is 1. The summed E-state index contributed by atoms with van der Waals surface area (Å²) in [5.41, 5.74) is 7.58. The van der Waals surface area contributed by atoms with E-state index in [2.05, 4.69) is 21.6 Å². The van der Waals surface area contributed by atoms with Gasteiger partial charge < -0.3 is 11.1 Å². The van der Waals surface area contributed by atoms with E-state index in [0.29, 0.717) is 25.6 Å². The molecule has 0 aliphatic carbocycles. The SMILES string of the molecule is C=C(C)CNC(N)=NCc1ccc(S(=O)(=O)NCC(C)C)cc1.I. The number of nitrogens with two attached hydrogens (primary N) is 1. The maximum atomic E-state index is 12.1. The molecule has 0 spiro atoms. The van der Waals surface area contributed by atoms with Crippen molar-refractivity contribution in [2.75, 3.05) is 13.1 Å². The van der Waals surface area contributed by atoms with Gasteiger partial charge in [0.05, 0.1) is 11.4 Å². The summed E-state index contributed by atoms with van der Waals surface area (Å²) < 4.78 is 26.8. The van der Waals surface area contributed by atoms with Gasteiger partial charge in [-0.05, 0) is 30.5 Å². The van der Waals surface area contributed by atoms with Crippen molar-refractivity contribution in [3.63, 3.8) is 0 Å². The lowest BCUT2D eigenvalue weighted by Gasteiger charge is -2.09. The van der Waals surface area contributed by atoms with Crippen LogP contribution in [0.3, 0.4) is 0 Å². The van der Waals surface area contributed by atoms with E-state index in [9.17, 15) is 8.42 Å². The third kappa shape index (κ3) is 8.65. The van der Waals surface area contributed by atoms with Crippen LogP contribution in [0.15, 0.2) is 46.3 Å². The minimum atomic E-state index is -3.45. The first-order valence-electron chi connectivity index (χ1n) is 7.47. The Morgan fingerprint density at radius 2 is 1.88 bits per heavy atom. The van der Waals surface area contributed by atoms with Gasteiger partial charge in [0.15, 0.2) is 5.96 Å². The number of rotatable bonds is 8. The van der Waals surface area contributed by atoms with Gasteiger partial charge in [-0.2, -0.15) is 0 Å². The van der Waals surface area contributed by atoms with Gasteiger partial charge in [-0.25, -0.2) is 18.1 Å². The van der Waals surface area contributed by atoms with E-state index in [1.54, 1.807) is 24.3 Å². The van der Waals surface area contributed by atoms with Crippen LogP contribution in [0.5, 0.6) is 0 Å². The van der Waals surface area contributed by atoms with Crippen molar-refractivity contribution in [2.24, 2.45) is 16.6 Å². The lowest BCUT2D eigenvalue weighted by atomic mass is 10.2. The second kappa shape index (κ2) is 10.7. The molecular weight excluding hydrogens is 439 g/mol. The molecule has 4 N–H and O–H groups in total. The van der Waals surface area contributed by atoms with Gasteiger partial charge in [0, 0.05) is 13.1 Å². The van der Waals surface area contributed by atoms with Crippen molar-refractivity contribution in [2.45, 2.75) is 32.2 Å². The van der Waals surface area contributed by atoms with Crippen LogP contribution in [0.1, 0.15) is 26.3 Å². The Morgan fingerprint density at radius 1 is 1.29 bits per heavy atom. The quantitative estimate of drug-likeness (QED) is 0.237. The van der Waals surface area contributed by atoms with E-state index in [4.69, 9.17) is 5.73 Å². The molecule has 0 saturated carbocycles. The van der Waals surface area contributed by atoms with Gasteiger partial charge in [-0.1, -0.05) is 38.1 Å². The zero-order valence-electron chi connectivity index (χ0n) is 14.4. The zero-order chi connectivity index (χ0) is 17.5. The molecule has 0 unspecified atom stereocenters. The highest BCUT2D eigenvalue weighted by molar-refractivity contribution is 14.0. The van der Waals surface area contributed by atoms with E-state index in [-0.39, 0.29) is 34.8 Å². The number of nitrogens with zero attached hydrogens (tertiary/aromatic N) is 1. The summed E-state index contributed by atoms with van der Waals surface area (Å²) >= 11 is 0. The topological polar surface area (TPSA) is 96.6 Å². The predicted octanol–water partition coefficient (Wildman–Crippen LogP) is 2.22. The molecule has 1 rings (SSSR count). The number of nitrogens with one attached hydrogen (secondary N) is 2. The first-order chi connectivity index (χ1) is 10.7. The third-order valence-electron chi connectivity index (χ3n) is 2.92. The fourth-order valence-corrected chi connectivity index (χ4v) is 2.82. The van der Waals surface area contributed by atoms with Crippen LogP contribution in [0, 0.1) is 5.92 Å². The fraction of sp³-hybridized carbons (Fsp3) is 0.438. The largest absolute Gasteiger partial charge is 0.370 e. The lowest BCUT2D eigenvalue weighted by Crippen LogP contribution is -2.32. The molecule has 8 heteroatoms. The van der Waals surface area contributed by atoms with Crippen molar-refractivity contribution < 1.29 is 8.42 Å². The summed E-state index contributed by atoms with van der Waals surface area (Å²) in [5, 5.41) is 2.94. The van der Waals surface area contributed by atoms with Crippen LogP contribution in [0.4, 0.5) is 0 Å². The molecule has 0 fully saturated rings. The van der Waals surface area contributed by atoms with Crippen molar-refractivity contribution >= 4 is 40.0 Å². The molecule has 0 bridgehead atoms. The molecule has 0 atom stereocenters. The molecule has 1 aromatic rings. The molecule has 0 heterocycles. The highest BCUT2D eigenvalue weighted by Gasteiger charge is 2.13. The molecule has 136 valence electrons. The molecule has 0 saturated heterocycles. The molecule has 0 radical (unpaired) electrons. The molecule has 1 aromatic carbocycles. The van der Waals surface area contributed by atoms with Gasteiger partial charge in [-0.15, -0.1) is 24.0 Å². The van der Waals surface area contributed by atoms with Crippen molar-refractivity contribution in [3.05, 3.63) is 42.0 Å². The maximum absolute atomic E-state index is 12.1. The molecular formula is C16H27IN4O2S. The van der Waals surface area contributed by atoms with E-state index in [0.717, 1.165) is 11.1 Å². The first kappa shape index (κ1) is 22.9. The normalized spacial score (nSPS) is 11.9. The van der Waals surface area contributed by atoms with E-state index >= 15 is 0 Å². The third-order valence-corrected chi connectivity index (χ3v) is 4.36. The van der Waals surface area contributed by atoms with Gasteiger partial charge in [0.2, 0.25) is 10.0 Å². The van der Waals surface area contributed by atoms with E-state index < -0.39 is 10.0 Å². The molecule has 6 nitrogen and oxygen atoms in total. The Labute approximate surface area is 162 Å². The second-order valence-corrected chi connectivity index (χ2v) is 7.67. The first-order valence-corrected chi connectivity index (χ1v) is 8.96. The summed E-state index contributed by atoms with van der Waals surface area (Å²) in [5.74, 6) is 0.594. The van der Waals surface area contributed by atoms with Gasteiger partial charge in [0.1, 0.15) is 0 Å². The van der Waals surface area contributed by atoms with Crippen LogP contribution < -0.4 is 15.8 Å². The van der Waals surface area contributed by atoms with Crippen molar-refractivity contribution in [3.8, 4) is 0 Å². The van der Waals surface area contributed by atoms with Gasteiger partial charge in [0.25, 0.3) is 0 Å². The Balaban J connectivity index is 0.00000529. The number of hydrogen-bond donors (Lipinski definition) is 3. The van der Waals surface area contributed by atoms with Crippen LogP contribution in [-0.4, -0.2) is 27.5 Å². The standard InChI is InChI=1S/C16H26N4O2S.HI/c1-12(2)9-18-16(17)19-11-14-5-7-15(8-6-14)23(21,22)20-10-13(3)4;/h5-8,13,20H,1,9-11H2,2-4H3,(H3,17,18,19);1H. The highest BCUT2D eigenvalue weighted by Crippen LogP contribution is 2.11. The number of guanidine groups is 1. The number of hydrogen-bond acceptors (Lipinski definition) is 3. The summed E-state index contributed by atoms with van der Waals surface area (Å²) in [7, 11) is -3.45. The Morgan fingerprint density at radius 3 is 2.38 bits per heavy atom. The number of benzene rings is 1. The monoisotopic (exact) mass is 466 g/mol. The van der Waals surface area contributed by atoms with Crippen molar-refractivity contribution in [1.82, 2.24) is 10.0 Å². The minimum absolute atomic E-state index is 0. The molecule has 0 aromatic heterocycles. The summed E-state index contributed by atoms with van der Waals surface area (Å²) in [6.07, 6.45) is 0. The van der Waals surface area contributed by atoms with Gasteiger partial charge >= 0.3 is 0 Å².